The van der Waals surface area contributed by atoms with Crippen molar-refractivity contribution >= 4 is 40.9 Å². The van der Waals surface area contributed by atoms with E-state index in [4.69, 9.17) is 11.6 Å². The van der Waals surface area contributed by atoms with Crippen LogP contribution in [0.5, 0.6) is 0 Å². The van der Waals surface area contributed by atoms with Crippen LogP contribution < -0.4 is 0 Å². The molecule has 2 rings (SSSR count). The summed E-state index contributed by atoms with van der Waals surface area (Å²) in [5.74, 6) is 2.61. The summed E-state index contributed by atoms with van der Waals surface area (Å²) in [7, 11) is 0. The van der Waals surface area contributed by atoms with Crippen LogP contribution >= 0.6 is 35.1 Å². The summed E-state index contributed by atoms with van der Waals surface area (Å²) in [6.07, 6.45) is 1.58. The Morgan fingerprint density at radius 3 is 2.89 bits per heavy atom. The van der Waals surface area contributed by atoms with E-state index in [0.29, 0.717) is 22.5 Å². The van der Waals surface area contributed by atoms with Gasteiger partial charge in [0.1, 0.15) is 0 Å². The van der Waals surface area contributed by atoms with E-state index in [1.165, 1.54) is 5.75 Å². The van der Waals surface area contributed by atoms with Crippen LogP contribution in [0.15, 0.2) is 24.3 Å². The number of halogens is 1. The number of Topliss-reactive ketones (excluding diaryl/α,β-unsaturated/α-hetero) is 1. The molecular formula is C14H17ClOS2. The quantitative estimate of drug-likeness (QED) is 0.834. The Balaban J connectivity index is 2.02. The molecule has 2 unspecified atom stereocenters. The van der Waals surface area contributed by atoms with E-state index in [1.54, 1.807) is 0 Å². The lowest BCUT2D eigenvalue weighted by Gasteiger charge is -2.28. The van der Waals surface area contributed by atoms with Crippen LogP contribution in [0.4, 0.5) is 0 Å². The zero-order valence-corrected chi connectivity index (χ0v) is 12.8. The lowest BCUT2D eigenvalue weighted by Crippen LogP contribution is -2.33. The van der Waals surface area contributed by atoms with Gasteiger partial charge in [0.05, 0.1) is 5.25 Å². The molecule has 1 fully saturated rings. The maximum atomic E-state index is 12.4. The van der Waals surface area contributed by atoms with Gasteiger partial charge in [0.15, 0.2) is 5.78 Å². The molecule has 0 saturated carbocycles. The van der Waals surface area contributed by atoms with Crippen molar-refractivity contribution in [3.8, 4) is 0 Å². The molecule has 1 nitrogen and oxygen atoms in total. The summed E-state index contributed by atoms with van der Waals surface area (Å²) in [5.41, 5.74) is 1.03. The SMILES string of the molecule is CCC1SCCSC1C(=O)Cc1cccc(Cl)c1. The van der Waals surface area contributed by atoms with Gasteiger partial charge >= 0.3 is 0 Å². The van der Waals surface area contributed by atoms with Crippen molar-refractivity contribution in [1.82, 2.24) is 0 Å². The molecule has 1 heterocycles. The number of thioether (sulfide) groups is 2. The minimum absolute atomic E-state index is 0.160. The molecule has 0 aliphatic carbocycles. The van der Waals surface area contributed by atoms with Gasteiger partial charge in [-0.3, -0.25) is 4.79 Å². The summed E-state index contributed by atoms with van der Waals surface area (Å²) in [5, 5.41) is 1.35. The van der Waals surface area contributed by atoms with Crippen molar-refractivity contribution < 1.29 is 4.79 Å². The average Bonchev–Trinajstić information content (AvgIpc) is 2.38. The Labute approximate surface area is 122 Å². The van der Waals surface area contributed by atoms with Gasteiger partial charge in [-0.2, -0.15) is 11.8 Å². The summed E-state index contributed by atoms with van der Waals surface area (Å²) >= 11 is 9.72. The van der Waals surface area contributed by atoms with E-state index in [2.05, 4.69) is 6.92 Å². The molecule has 0 amide bonds. The van der Waals surface area contributed by atoms with Gasteiger partial charge in [0.25, 0.3) is 0 Å². The zero-order chi connectivity index (χ0) is 13.0. The van der Waals surface area contributed by atoms with E-state index < -0.39 is 0 Å². The molecule has 2 atom stereocenters. The summed E-state index contributed by atoms with van der Waals surface area (Å²) in [4.78, 5) is 12.4. The number of hydrogen-bond donors (Lipinski definition) is 0. The molecule has 1 aliphatic rings. The molecule has 1 aliphatic heterocycles. The fourth-order valence-corrected chi connectivity index (χ4v) is 5.40. The highest BCUT2D eigenvalue weighted by atomic mass is 35.5. The van der Waals surface area contributed by atoms with Crippen molar-refractivity contribution in [1.29, 1.82) is 0 Å². The number of carbonyl (C=O) groups excluding carboxylic acids is 1. The maximum Gasteiger partial charge on any atom is 0.151 e. The highest BCUT2D eigenvalue weighted by Crippen LogP contribution is 2.34. The zero-order valence-electron chi connectivity index (χ0n) is 10.4. The van der Waals surface area contributed by atoms with Gasteiger partial charge in [0.2, 0.25) is 0 Å². The topological polar surface area (TPSA) is 17.1 Å². The second-order valence-electron chi connectivity index (χ2n) is 4.38. The minimum Gasteiger partial charge on any atom is -0.298 e. The Kier molecular flexibility index (Phi) is 5.46. The van der Waals surface area contributed by atoms with E-state index >= 15 is 0 Å². The molecule has 0 aromatic heterocycles. The Morgan fingerprint density at radius 2 is 2.17 bits per heavy atom. The van der Waals surface area contributed by atoms with Crippen molar-refractivity contribution in [2.24, 2.45) is 0 Å². The summed E-state index contributed by atoms with van der Waals surface area (Å²) in [6.45, 7) is 2.17. The van der Waals surface area contributed by atoms with Crippen molar-refractivity contribution in [3.05, 3.63) is 34.9 Å². The largest absolute Gasteiger partial charge is 0.298 e. The van der Waals surface area contributed by atoms with Gasteiger partial charge in [-0.05, 0) is 24.1 Å². The fraction of sp³-hybridized carbons (Fsp3) is 0.500. The van der Waals surface area contributed by atoms with Gasteiger partial charge in [-0.15, -0.1) is 11.8 Å². The summed E-state index contributed by atoms with van der Waals surface area (Å²) < 4.78 is 0. The van der Waals surface area contributed by atoms with Crippen LogP contribution in [0, 0.1) is 0 Å². The Bertz CT molecular complexity index is 422. The first-order valence-corrected chi connectivity index (χ1v) is 8.68. The standard InChI is InChI=1S/C14H17ClOS2/c1-2-13-14(18-7-6-17-13)12(16)9-10-4-3-5-11(15)8-10/h3-5,8,13-14H,2,6-7,9H2,1H3. The second kappa shape index (κ2) is 6.88. The first kappa shape index (κ1) is 14.3. The van der Waals surface area contributed by atoms with Crippen LogP contribution in [0.1, 0.15) is 18.9 Å². The molecule has 1 aromatic carbocycles. The molecule has 1 saturated heterocycles. The Hall–Kier alpha value is -0.120. The number of benzene rings is 1. The molecular weight excluding hydrogens is 284 g/mol. The smallest absolute Gasteiger partial charge is 0.151 e. The van der Waals surface area contributed by atoms with Crippen LogP contribution in [0.25, 0.3) is 0 Å². The molecule has 0 spiro atoms. The fourth-order valence-electron chi connectivity index (χ4n) is 2.15. The maximum absolute atomic E-state index is 12.4. The molecule has 98 valence electrons. The van der Waals surface area contributed by atoms with Gasteiger partial charge in [-0.1, -0.05) is 30.7 Å². The number of rotatable bonds is 4. The van der Waals surface area contributed by atoms with E-state index in [1.807, 2.05) is 47.8 Å². The van der Waals surface area contributed by atoms with Crippen molar-refractivity contribution in [2.45, 2.75) is 30.3 Å². The Morgan fingerprint density at radius 1 is 1.39 bits per heavy atom. The third kappa shape index (κ3) is 3.69. The molecule has 18 heavy (non-hydrogen) atoms. The van der Waals surface area contributed by atoms with E-state index in [-0.39, 0.29) is 5.25 Å². The number of carbonyl (C=O) groups is 1. The predicted molar refractivity (Wildman–Crippen MR) is 82.9 cm³/mol. The average molecular weight is 301 g/mol. The third-order valence-corrected chi connectivity index (χ3v) is 6.57. The van der Waals surface area contributed by atoms with Crippen LogP contribution in [0.2, 0.25) is 5.02 Å². The first-order chi connectivity index (χ1) is 8.70. The van der Waals surface area contributed by atoms with Gasteiger partial charge in [-0.25, -0.2) is 0 Å². The van der Waals surface area contributed by atoms with Crippen LogP contribution in [0.3, 0.4) is 0 Å². The molecule has 0 radical (unpaired) electrons. The number of hydrogen-bond acceptors (Lipinski definition) is 3. The van der Waals surface area contributed by atoms with Gasteiger partial charge in [0, 0.05) is 28.2 Å². The first-order valence-electron chi connectivity index (χ1n) is 6.21. The molecule has 4 heteroatoms. The van der Waals surface area contributed by atoms with Crippen molar-refractivity contribution in [2.75, 3.05) is 11.5 Å². The molecule has 1 aromatic rings. The van der Waals surface area contributed by atoms with Gasteiger partial charge < -0.3 is 0 Å². The van der Waals surface area contributed by atoms with Crippen LogP contribution in [-0.2, 0) is 11.2 Å². The van der Waals surface area contributed by atoms with Crippen molar-refractivity contribution in [3.63, 3.8) is 0 Å². The monoisotopic (exact) mass is 300 g/mol. The molecule has 0 bridgehead atoms. The van der Waals surface area contributed by atoms with E-state index in [9.17, 15) is 4.79 Å². The summed E-state index contributed by atoms with van der Waals surface area (Å²) in [6, 6.07) is 7.62. The number of ketones is 1. The normalized spacial score (nSPS) is 23.9. The third-order valence-electron chi connectivity index (χ3n) is 3.04. The van der Waals surface area contributed by atoms with E-state index in [0.717, 1.165) is 17.7 Å². The lowest BCUT2D eigenvalue weighted by molar-refractivity contribution is -0.117. The highest BCUT2D eigenvalue weighted by Gasteiger charge is 2.30. The van der Waals surface area contributed by atoms with Crippen LogP contribution in [-0.4, -0.2) is 27.8 Å². The second-order valence-corrected chi connectivity index (χ2v) is 7.41. The lowest BCUT2D eigenvalue weighted by atomic mass is 10.0. The predicted octanol–water partition coefficient (Wildman–Crippen LogP) is 4.08. The molecule has 0 N–H and O–H groups in total. The highest BCUT2D eigenvalue weighted by molar-refractivity contribution is 8.07. The minimum atomic E-state index is 0.160.